The standard InChI is InChI=1S/C16H16FN3O4/c1-10(21)19-14-7-11(3-6-16(14)24-2)9-18-13-8-12(17)4-5-15(13)20(22)23/h3-8,18H,9H2,1-2H3,(H,19,21). The monoisotopic (exact) mass is 333 g/mol. The van der Waals surface area contributed by atoms with Crippen molar-refractivity contribution in [1.29, 1.82) is 0 Å². The Kier molecular flexibility index (Phi) is 5.31. The molecule has 0 aliphatic rings. The van der Waals surface area contributed by atoms with Crippen LogP contribution in [-0.2, 0) is 11.3 Å². The normalized spacial score (nSPS) is 10.1. The fourth-order valence-electron chi connectivity index (χ4n) is 2.16. The van der Waals surface area contributed by atoms with Gasteiger partial charge in [-0.1, -0.05) is 6.07 Å². The van der Waals surface area contributed by atoms with Gasteiger partial charge in [0, 0.05) is 25.6 Å². The predicted octanol–water partition coefficient (Wildman–Crippen LogP) is 3.31. The van der Waals surface area contributed by atoms with E-state index >= 15 is 0 Å². The first-order valence-electron chi connectivity index (χ1n) is 7.03. The van der Waals surface area contributed by atoms with E-state index in [2.05, 4.69) is 10.6 Å². The van der Waals surface area contributed by atoms with Crippen LogP contribution in [0.3, 0.4) is 0 Å². The Morgan fingerprint density at radius 2 is 2.00 bits per heavy atom. The fourth-order valence-corrected chi connectivity index (χ4v) is 2.16. The van der Waals surface area contributed by atoms with Crippen molar-refractivity contribution in [2.45, 2.75) is 13.5 Å². The molecule has 0 radical (unpaired) electrons. The molecule has 1 amide bonds. The predicted molar refractivity (Wildman–Crippen MR) is 87.7 cm³/mol. The third kappa shape index (κ3) is 4.19. The minimum atomic E-state index is -0.585. The van der Waals surface area contributed by atoms with Crippen molar-refractivity contribution in [1.82, 2.24) is 0 Å². The van der Waals surface area contributed by atoms with E-state index in [0.717, 1.165) is 23.8 Å². The molecule has 0 bridgehead atoms. The number of benzene rings is 2. The summed E-state index contributed by atoms with van der Waals surface area (Å²) in [6.45, 7) is 1.58. The first-order chi connectivity index (χ1) is 11.4. The highest BCUT2D eigenvalue weighted by atomic mass is 19.1. The molecular formula is C16H16FN3O4. The second-order valence-corrected chi connectivity index (χ2v) is 4.99. The van der Waals surface area contributed by atoms with Gasteiger partial charge in [0.15, 0.2) is 0 Å². The van der Waals surface area contributed by atoms with Gasteiger partial charge in [-0.25, -0.2) is 4.39 Å². The summed E-state index contributed by atoms with van der Waals surface area (Å²) in [5.74, 6) is -0.332. The zero-order valence-corrected chi connectivity index (χ0v) is 13.1. The minimum Gasteiger partial charge on any atom is -0.495 e. The van der Waals surface area contributed by atoms with E-state index in [1.165, 1.54) is 14.0 Å². The smallest absolute Gasteiger partial charge is 0.292 e. The second-order valence-electron chi connectivity index (χ2n) is 4.99. The summed E-state index contributed by atoms with van der Waals surface area (Å²) in [4.78, 5) is 21.6. The molecule has 0 heterocycles. The molecule has 0 saturated carbocycles. The van der Waals surface area contributed by atoms with Crippen LogP contribution in [0.4, 0.5) is 21.5 Å². The van der Waals surface area contributed by atoms with Crippen molar-refractivity contribution < 1.29 is 18.8 Å². The van der Waals surface area contributed by atoms with Gasteiger partial charge in [0.25, 0.3) is 5.69 Å². The summed E-state index contributed by atoms with van der Waals surface area (Å²) in [7, 11) is 1.48. The summed E-state index contributed by atoms with van der Waals surface area (Å²) in [6.07, 6.45) is 0. The highest BCUT2D eigenvalue weighted by molar-refractivity contribution is 5.90. The lowest BCUT2D eigenvalue weighted by Crippen LogP contribution is -2.08. The van der Waals surface area contributed by atoms with Crippen LogP contribution in [-0.4, -0.2) is 17.9 Å². The van der Waals surface area contributed by atoms with Gasteiger partial charge in [0.2, 0.25) is 5.91 Å². The number of anilines is 2. The SMILES string of the molecule is COc1ccc(CNc2cc(F)ccc2[N+](=O)[O-])cc1NC(C)=O. The third-order valence-electron chi connectivity index (χ3n) is 3.21. The molecule has 2 N–H and O–H groups in total. The van der Waals surface area contributed by atoms with Crippen LogP contribution in [0, 0.1) is 15.9 Å². The Labute approximate surface area is 137 Å². The van der Waals surface area contributed by atoms with E-state index in [1.807, 2.05) is 0 Å². The van der Waals surface area contributed by atoms with Crippen LogP contribution in [0.25, 0.3) is 0 Å². The van der Waals surface area contributed by atoms with Crippen LogP contribution in [0.15, 0.2) is 36.4 Å². The number of rotatable bonds is 6. The molecule has 0 fully saturated rings. The van der Waals surface area contributed by atoms with E-state index in [4.69, 9.17) is 4.74 Å². The number of nitro benzene ring substituents is 1. The fraction of sp³-hybridized carbons (Fsp3) is 0.188. The first-order valence-corrected chi connectivity index (χ1v) is 7.03. The van der Waals surface area contributed by atoms with E-state index in [0.29, 0.717) is 11.4 Å². The Balaban J connectivity index is 2.22. The molecule has 8 heteroatoms. The quantitative estimate of drug-likeness (QED) is 0.625. The summed E-state index contributed by atoms with van der Waals surface area (Å²) in [5.41, 5.74) is 1.08. The number of halogens is 1. The number of nitro groups is 1. The average Bonchev–Trinajstić information content (AvgIpc) is 2.52. The van der Waals surface area contributed by atoms with Gasteiger partial charge in [-0.15, -0.1) is 0 Å². The molecule has 0 spiro atoms. The van der Waals surface area contributed by atoms with Crippen LogP contribution in [0.2, 0.25) is 0 Å². The van der Waals surface area contributed by atoms with Gasteiger partial charge < -0.3 is 15.4 Å². The first kappa shape index (κ1) is 17.2. The number of carbonyl (C=O) groups excluding carboxylic acids is 1. The second kappa shape index (κ2) is 7.40. The number of amides is 1. The molecule has 0 aliphatic carbocycles. The van der Waals surface area contributed by atoms with Crippen LogP contribution >= 0.6 is 0 Å². The van der Waals surface area contributed by atoms with Gasteiger partial charge in [0.1, 0.15) is 17.3 Å². The number of carbonyl (C=O) groups is 1. The molecule has 0 unspecified atom stereocenters. The molecule has 2 aromatic carbocycles. The molecule has 0 saturated heterocycles. The van der Waals surface area contributed by atoms with Crippen LogP contribution in [0.1, 0.15) is 12.5 Å². The van der Waals surface area contributed by atoms with Crippen molar-refractivity contribution in [2.75, 3.05) is 17.7 Å². The third-order valence-corrected chi connectivity index (χ3v) is 3.21. The Morgan fingerprint density at radius 3 is 2.62 bits per heavy atom. The van der Waals surface area contributed by atoms with Crippen LogP contribution in [0.5, 0.6) is 5.75 Å². The number of nitrogens with one attached hydrogen (secondary N) is 2. The number of nitrogens with zero attached hydrogens (tertiary/aromatic N) is 1. The Hall–Kier alpha value is -3.16. The van der Waals surface area contributed by atoms with E-state index in [1.54, 1.807) is 18.2 Å². The molecular weight excluding hydrogens is 317 g/mol. The molecule has 0 aliphatic heterocycles. The van der Waals surface area contributed by atoms with E-state index in [9.17, 15) is 19.3 Å². The topological polar surface area (TPSA) is 93.5 Å². The molecule has 7 nitrogen and oxygen atoms in total. The number of methoxy groups -OCH3 is 1. The number of hydrogen-bond donors (Lipinski definition) is 2. The molecule has 2 aromatic rings. The van der Waals surface area contributed by atoms with Gasteiger partial charge in [-0.3, -0.25) is 14.9 Å². The van der Waals surface area contributed by atoms with Crippen molar-refractivity contribution in [2.24, 2.45) is 0 Å². The maximum absolute atomic E-state index is 13.3. The molecule has 0 aromatic heterocycles. The van der Waals surface area contributed by atoms with Crippen LogP contribution < -0.4 is 15.4 Å². The number of ether oxygens (including phenoxy) is 1. The molecule has 24 heavy (non-hydrogen) atoms. The summed E-state index contributed by atoms with van der Waals surface area (Å²) >= 11 is 0. The summed E-state index contributed by atoms with van der Waals surface area (Å²) in [5, 5.41) is 16.5. The lowest BCUT2D eigenvalue weighted by molar-refractivity contribution is -0.384. The summed E-state index contributed by atoms with van der Waals surface area (Å²) < 4.78 is 18.5. The van der Waals surface area contributed by atoms with Gasteiger partial charge in [-0.05, 0) is 23.8 Å². The highest BCUT2D eigenvalue weighted by Gasteiger charge is 2.14. The molecule has 2 rings (SSSR count). The highest BCUT2D eigenvalue weighted by Crippen LogP contribution is 2.28. The summed E-state index contributed by atoms with van der Waals surface area (Å²) in [6, 6.07) is 8.29. The van der Waals surface area contributed by atoms with Crippen molar-refractivity contribution in [3.05, 3.63) is 57.9 Å². The lowest BCUT2D eigenvalue weighted by Gasteiger charge is -2.12. The van der Waals surface area contributed by atoms with E-state index in [-0.39, 0.29) is 23.8 Å². The van der Waals surface area contributed by atoms with Gasteiger partial charge in [-0.2, -0.15) is 0 Å². The van der Waals surface area contributed by atoms with E-state index < -0.39 is 10.7 Å². The van der Waals surface area contributed by atoms with Crippen molar-refractivity contribution in [3.8, 4) is 5.75 Å². The zero-order chi connectivity index (χ0) is 17.7. The van der Waals surface area contributed by atoms with Gasteiger partial charge in [0.05, 0.1) is 17.7 Å². The van der Waals surface area contributed by atoms with Crippen molar-refractivity contribution >= 4 is 23.0 Å². The van der Waals surface area contributed by atoms with Crippen molar-refractivity contribution in [3.63, 3.8) is 0 Å². The Bertz CT molecular complexity index is 780. The largest absolute Gasteiger partial charge is 0.495 e. The molecule has 126 valence electrons. The maximum Gasteiger partial charge on any atom is 0.292 e. The molecule has 0 atom stereocenters. The maximum atomic E-state index is 13.3. The zero-order valence-electron chi connectivity index (χ0n) is 13.1. The van der Waals surface area contributed by atoms with Gasteiger partial charge >= 0.3 is 0 Å². The average molecular weight is 333 g/mol. The number of hydrogen-bond acceptors (Lipinski definition) is 5. The minimum absolute atomic E-state index is 0.0805. The Morgan fingerprint density at radius 1 is 1.25 bits per heavy atom. The lowest BCUT2D eigenvalue weighted by atomic mass is 10.1.